The van der Waals surface area contributed by atoms with Gasteiger partial charge in [-0.25, -0.2) is 9.97 Å². The van der Waals surface area contributed by atoms with Gasteiger partial charge < -0.3 is 4.74 Å². The van der Waals surface area contributed by atoms with E-state index in [0.29, 0.717) is 11.8 Å². The van der Waals surface area contributed by atoms with Crippen LogP contribution < -0.4 is 0 Å². The Balaban J connectivity index is 2.16. The first-order valence-electron chi connectivity index (χ1n) is 7.15. The average molecular weight is 311 g/mol. The van der Waals surface area contributed by atoms with E-state index in [2.05, 4.69) is 18.8 Å². The van der Waals surface area contributed by atoms with Crippen molar-refractivity contribution in [2.45, 2.75) is 52.1 Å². The summed E-state index contributed by atoms with van der Waals surface area (Å²) in [5.41, 5.74) is 0.872. The molecule has 2 aromatic rings. The summed E-state index contributed by atoms with van der Waals surface area (Å²) in [4.78, 5) is 11.6. The molecule has 0 aliphatic heterocycles. The predicted molar refractivity (Wildman–Crippen MR) is 83.7 cm³/mol. The quantitative estimate of drug-likeness (QED) is 0.766. The maximum atomic E-state index is 6.42. The maximum absolute atomic E-state index is 6.42. The van der Waals surface area contributed by atoms with Crippen LogP contribution in [0.2, 0.25) is 5.15 Å². The summed E-state index contributed by atoms with van der Waals surface area (Å²) >= 11 is 8.11. The summed E-state index contributed by atoms with van der Waals surface area (Å²) in [5.74, 6) is 0.774. The van der Waals surface area contributed by atoms with Gasteiger partial charge in [0.2, 0.25) is 0 Å². The summed E-state index contributed by atoms with van der Waals surface area (Å²) in [7, 11) is 0. The molecule has 20 heavy (non-hydrogen) atoms. The number of thiophene rings is 1. The Morgan fingerprint density at radius 2 is 1.95 bits per heavy atom. The van der Waals surface area contributed by atoms with Crippen molar-refractivity contribution < 1.29 is 4.74 Å². The SMILES string of the molecule is CCOC1(c2nc(Cl)c3c(C)c(C)sc3n2)CCCC1. The molecular formula is C15H19ClN2OS. The van der Waals surface area contributed by atoms with E-state index in [4.69, 9.17) is 21.3 Å². The van der Waals surface area contributed by atoms with Gasteiger partial charge in [0.05, 0.1) is 5.39 Å². The average Bonchev–Trinajstić information content (AvgIpc) is 2.97. The molecule has 0 atom stereocenters. The zero-order chi connectivity index (χ0) is 14.3. The zero-order valence-corrected chi connectivity index (χ0v) is 13.7. The number of hydrogen-bond acceptors (Lipinski definition) is 4. The van der Waals surface area contributed by atoms with Gasteiger partial charge in [-0.05, 0) is 52.0 Å². The molecule has 0 radical (unpaired) electrons. The molecule has 3 rings (SSSR count). The molecule has 1 aliphatic carbocycles. The second-order valence-electron chi connectivity index (χ2n) is 5.44. The summed E-state index contributed by atoms with van der Waals surface area (Å²) in [6.45, 7) is 6.89. The van der Waals surface area contributed by atoms with Gasteiger partial charge in [0.25, 0.3) is 0 Å². The Morgan fingerprint density at radius 1 is 1.25 bits per heavy atom. The van der Waals surface area contributed by atoms with Gasteiger partial charge in [-0.1, -0.05) is 11.6 Å². The van der Waals surface area contributed by atoms with Crippen molar-refractivity contribution >= 4 is 33.2 Å². The minimum atomic E-state index is -0.321. The van der Waals surface area contributed by atoms with Gasteiger partial charge in [-0.2, -0.15) is 0 Å². The van der Waals surface area contributed by atoms with E-state index >= 15 is 0 Å². The van der Waals surface area contributed by atoms with Crippen LogP contribution in [0.25, 0.3) is 10.2 Å². The molecule has 0 N–H and O–H groups in total. The number of halogens is 1. The molecule has 108 valence electrons. The van der Waals surface area contributed by atoms with Crippen molar-refractivity contribution in [3.63, 3.8) is 0 Å². The van der Waals surface area contributed by atoms with Gasteiger partial charge in [0.1, 0.15) is 15.6 Å². The maximum Gasteiger partial charge on any atom is 0.163 e. The predicted octanol–water partition coefficient (Wildman–Crippen LogP) is 4.77. The number of aryl methyl sites for hydroxylation is 2. The minimum absolute atomic E-state index is 0.321. The van der Waals surface area contributed by atoms with E-state index in [1.165, 1.54) is 23.3 Å². The number of fused-ring (bicyclic) bond motifs is 1. The first-order valence-corrected chi connectivity index (χ1v) is 8.34. The lowest BCUT2D eigenvalue weighted by atomic mass is 10.0. The molecule has 0 saturated heterocycles. The lowest BCUT2D eigenvalue weighted by Gasteiger charge is -2.27. The molecule has 1 fully saturated rings. The molecule has 0 bridgehead atoms. The molecule has 0 aromatic carbocycles. The van der Waals surface area contributed by atoms with Crippen LogP contribution in [-0.2, 0) is 10.3 Å². The fourth-order valence-electron chi connectivity index (χ4n) is 3.06. The Kier molecular flexibility index (Phi) is 3.73. The highest BCUT2D eigenvalue weighted by atomic mass is 35.5. The first-order chi connectivity index (χ1) is 9.57. The van der Waals surface area contributed by atoms with Crippen molar-refractivity contribution in [3.05, 3.63) is 21.4 Å². The molecule has 2 heterocycles. The van der Waals surface area contributed by atoms with Crippen LogP contribution in [0.5, 0.6) is 0 Å². The van der Waals surface area contributed by atoms with E-state index in [9.17, 15) is 0 Å². The summed E-state index contributed by atoms with van der Waals surface area (Å²) in [5, 5.41) is 1.57. The van der Waals surface area contributed by atoms with Crippen LogP contribution in [0.15, 0.2) is 0 Å². The van der Waals surface area contributed by atoms with Gasteiger partial charge in [0.15, 0.2) is 5.82 Å². The van der Waals surface area contributed by atoms with Gasteiger partial charge in [-0.15, -0.1) is 11.3 Å². The van der Waals surface area contributed by atoms with E-state index in [1.807, 2.05) is 6.92 Å². The van der Waals surface area contributed by atoms with Crippen molar-refractivity contribution in [2.75, 3.05) is 6.61 Å². The summed E-state index contributed by atoms with van der Waals surface area (Å²) in [6, 6.07) is 0. The fraction of sp³-hybridized carbons (Fsp3) is 0.600. The number of hydrogen-bond donors (Lipinski definition) is 0. The Morgan fingerprint density at radius 3 is 2.60 bits per heavy atom. The van der Waals surface area contributed by atoms with E-state index in [0.717, 1.165) is 28.9 Å². The van der Waals surface area contributed by atoms with Gasteiger partial charge in [0, 0.05) is 11.5 Å². The van der Waals surface area contributed by atoms with Crippen LogP contribution >= 0.6 is 22.9 Å². The Labute approximate surface area is 128 Å². The lowest BCUT2D eigenvalue weighted by molar-refractivity contribution is -0.0454. The molecule has 2 aromatic heterocycles. The molecular weight excluding hydrogens is 292 g/mol. The third-order valence-electron chi connectivity index (χ3n) is 4.22. The molecule has 1 saturated carbocycles. The number of rotatable bonds is 3. The number of aromatic nitrogens is 2. The second-order valence-corrected chi connectivity index (χ2v) is 7.00. The van der Waals surface area contributed by atoms with Crippen molar-refractivity contribution in [3.8, 4) is 0 Å². The topological polar surface area (TPSA) is 35.0 Å². The lowest BCUT2D eigenvalue weighted by Crippen LogP contribution is -2.28. The van der Waals surface area contributed by atoms with Crippen molar-refractivity contribution in [2.24, 2.45) is 0 Å². The third kappa shape index (κ3) is 2.14. The van der Waals surface area contributed by atoms with E-state index < -0.39 is 0 Å². The van der Waals surface area contributed by atoms with Crippen LogP contribution in [0.1, 0.15) is 48.9 Å². The molecule has 0 spiro atoms. The van der Waals surface area contributed by atoms with E-state index in [1.54, 1.807) is 11.3 Å². The number of nitrogens with zero attached hydrogens (tertiary/aromatic N) is 2. The van der Waals surface area contributed by atoms with Crippen molar-refractivity contribution in [1.29, 1.82) is 0 Å². The molecule has 0 amide bonds. The van der Waals surface area contributed by atoms with Gasteiger partial charge in [-0.3, -0.25) is 0 Å². The minimum Gasteiger partial charge on any atom is -0.367 e. The van der Waals surface area contributed by atoms with Gasteiger partial charge >= 0.3 is 0 Å². The Bertz CT molecular complexity index is 647. The monoisotopic (exact) mass is 310 g/mol. The normalized spacial score (nSPS) is 18.0. The number of ether oxygens (including phenoxy) is 1. The van der Waals surface area contributed by atoms with Crippen LogP contribution in [0.4, 0.5) is 0 Å². The van der Waals surface area contributed by atoms with Crippen LogP contribution in [-0.4, -0.2) is 16.6 Å². The molecule has 1 aliphatic rings. The van der Waals surface area contributed by atoms with Crippen LogP contribution in [0.3, 0.4) is 0 Å². The second kappa shape index (κ2) is 5.24. The standard InChI is InChI=1S/C15H19ClN2OS/c1-4-19-15(7-5-6-8-15)14-17-12(16)11-9(2)10(3)20-13(11)18-14/h4-8H2,1-3H3. The molecule has 0 unspecified atom stereocenters. The summed E-state index contributed by atoms with van der Waals surface area (Å²) < 4.78 is 6.04. The smallest absolute Gasteiger partial charge is 0.163 e. The van der Waals surface area contributed by atoms with Crippen LogP contribution in [0, 0.1) is 13.8 Å². The highest BCUT2D eigenvalue weighted by Gasteiger charge is 2.39. The van der Waals surface area contributed by atoms with Crippen molar-refractivity contribution in [1.82, 2.24) is 9.97 Å². The zero-order valence-electron chi connectivity index (χ0n) is 12.1. The molecule has 3 nitrogen and oxygen atoms in total. The molecule has 5 heteroatoms. The highest BCUT2D eigenvalue weighted by molar-refractivity contribution is 7.18. The largest absolute Gasteiger partial charge is 0.367 e. The van der Waals surface area contributed by atoms with E-state index in [-0.39, 0.29) is 5.60 Å². The third-order valence-corrected chi connectivity index (χ3v) is 5.60. The summed E-state index contributed by atoms with van der Waals surface area (Å²) in [6.07, 6.45) is 4.32. The Hall–Kier alpha value is -0.710. The first kappa shape index (κ1) is 14.2. The highest BCUT2D eigenvalue weighted by Crippen LogP contribution is 2.42. The fourth-order valence-corrected chi connectivity index (χ4v) is 4.46.